The van der Waals surface area contributed by atoms with Crippen molar-refractivity contribution in [3.05, 3.63) is 30.3 Å². The van der Waals surface area contributed by atoms with Crippen molar-refractivity contribution in [3.8, 4) is 0 Å². The maximum Gasteiger partial charge on any atom is 0.328 e. The third-order valence-electron chi connectivity index (χ3n) is 5.10. The number of benzene rings is 1. The number of urea groups is 1. The highest BCUT2D eigenvalue weighted by atomic mass is 16.2. The molecule has 3 aliphatic heterocycles. The van der Waals surface area contributed by atoms with Crippen LogP contribution >= 0.6 is 0 Å². The van der Waals surface area contributed by atoms with Crippen LogP contribution in [0.15, 0.2) is 30.3 Å². The lowest BCUT2D eigenvalue weighted by Gasteiger charge is -2.23. The molecule has 0 spiro atoms. The van der Waals surface area contributed by atoms with Gasteiger partial charge in [0.1, 0.15) is 12.1 Å². The lowest BCUT2D eigenvalue weighted by atomic mass is 10.1. The van der Waals surface area contributed by atoms with Crippen LogP contribution in [0, 0.1) is 0 Å². The van der Waals surface area contributed by atoms with Crippen LogP contribution in [0.1, 0.15) is 26.2 Å². The first-order valence-corrected chi connectivity index (χ1v) is 8.11. The van der Waals surface area contributed by atoms with Crippen molar-refractivity contribution in [3.63, 3.8) is 0 Å². The average molecular weight is 313 g/mol. The number of anilines is 1. The molecule has 4 rings (SSSR count). The minimum absolute atomic E-state index is 0.0362. The quantitative estimate of drug-likeness (QED) is 0.779. The van der Waals surface area contributed by atoms with E-state index in [0.29, 0.717) is 19.4 Å². The van der Waals surface area contributed by atoms with E-state index in [0.717, 1.165) is 12.1 Å². The van der Waals surface area contributed by atoms with Gasteiger partial charge in [-0.3, -0.25) is 9.59 Å². The Labute approximate surface area is 134 Å². The summed E-state index contributed by atoms with van der Waals surface area (Å²) in [5, 5.41) is 0. The van der Waals surface area contributed by atoms with E-state index >= 15 is 0 Å². The highest BCUT2D eigenvalue weighted by Crippen LogP contribution is 2.35. The predicted molar refractivity (Wildman–Crippen MR) is 83.8 cm³/mol. The number of fused-ring (bicyclic) bond motifs is 1. The molecule has 0 bridgehead atoms. The zero-order valence-corrected chi connectivity index (χ0v) is 13.0. The Bertz CT molecular complexity index is 653. The second-order valence-corrected chi connectivity index (χ2v) is 6.49. The summed E-state index contributed by atoms with van der Waals surface area (Å²) >= 11 is 0. The molecule has 3 unspecified atom stereocenters. The van der Waals surface area contributed by atoms with Crippen LogP contribution in [-0.4, -0.2) is 52.3 Å². The topological polar surface area (TPSA) is 60.9 Å². The van der Waals surface area contributed by atoms with Gasteiger partial charge < -0.3 is 9.80 Å². The van der Waals surface area contributed by atoms with Crippen LogP contribution in [0.5, 0.6) is 0 Å². The standard InChI is InChI=1S/C17H19N3O3/c1-11-10-14(16(22)19(11)12-6-3-2-4-7-12)20-15(21)13-8-5-9-18(13)17(20)23/h2-4,6-7,11,13-14H,5,8-10H2,1H3. The molecule has 4 amide bonds. The summed E-state index contributed by atoms with van der Waals surface area (Å²) in [5.41, 5.74) is 0.812. The second kappa shape index (κ2) is 5.08. The Balaban J connectivity index is 1.63. The molecule has 6 heteroatoms. The monoisotopic (exact) mass is 313 g/mol. The number of para-hydroxylation sites is 1. The van der Waals surface area contributed by atoms with Crippen molar-refractivity contribution in [2.45, 2.75) is 44.3 Å². The van der Waals surface area contributed by atoms with E-state index in [1.807, 2.05) is 37.3 Å². The van der Waals surface area contributed by atoms with Gasteiger partial charge in [-0.2, -0.15) is 0 Å². The fourth-order valence-electron chi connectivity index (χ4n) is 4.03. The van der Waals surface area contributed by atoms with Crippen molar-refractivity contribution < 1.29 is 14.4 Å². The number of amides is 4. The minimum atomic E-state index is -0.671. The largest absolute Gasteiger partial charge is 0.328 e. The van der Waals surface area contributed by atoms with Crippen LogP contribution in [0.25, 0.3) is 0 Å². The Hall–Kier alpha value is -2.37. The lowest BCUT2D eigenvalue weighted by Crippen LogP contribution is -2.46. The van der Waals surface area contributed by atoms with Crippen LogP contribution in [0.2, 0.25) is 0 Å². The van der Waals surface area contributed by atoms with E-state index in [9.17, 15) is 14.4 Å². The van der Waals surface area contributed by atoms with Crippen molar-refractivity contribution in [1.29, 1.82) is 0 Å². The smallest absolute Gasteiger partial charge is 0.312 e. The Kier molecular flexibility index (Phi) is 3.14. The maximum atomic E-state index is 12.9. The first-order valence-electron chi connectivity index (χ1n) is 8.11. The molecule has 0 saturated carbocycles. The van der Waals surface area contributed by atoms with Crippen LogP contribution in [0.4, 0.5) is 10.5 Å². The molecule has 3 atom stereocenters. The molecule has 0 radical (unpaired) electrons. The molecule has 0 aliphatic carbocycles. The highest BCUT2D eigenvalue weighted by Gasteiger charge is 2.54. The molecule has 0 N–H and O–H groups in total. The summed E-state index contributed by atoms with van der Waals surface area (Å²) in [5.74, 6) is -0.362. The van der Waals surface area contributed by atoms with E-state index in [4.69, 9.17) is 0 Å². The molecule has 6 nitrogen and oxygen atoms in total. The molecule has 1 aromatic carbocycles. The summed E-state index contributed by atoms with van der Waals surface area (Å²) in [7, 11) is 0. The Morgan fingerprint density at radius 2 is 1.65 bits per heavy atom. The average Bonchev–Trinajstić information content (AvgIpc) is 3.19. The van der Waals surface area contributed by atoms with Crippen molar-refractivity contribution >= 4 is 23.5 Å². The number of hydrogen-bond acceptors (Lipinski definition) is 3. The maximum absolute atomic E-state index is 12.9. The first kappa shape index (κ1) is 14.2. The number of rotatable bonds is 2. The van der Waals surface area contributed by atoms with Gasteiger partial charge in [-0.1, -0.05) is 18.2 Å². The first-order chi connectivity index (χ1) is 11.1. The normalized spacial score (nSPS) is 30.6. The molecule has 3 saturated heterocycles. The number of nitrogens with zero attached hydrogens (tertiary/aromatic N) is 3. The SMILES string of the molecule is CC1CC(N2C(=O)C3CCCN3C2=O)C(=O)N1c1ccccc1. The van der Waals surface area contributed by atoms with Gasteiger partial charge in [-0.05, 0) is 38.3 Å². The number of carbonyl (C=O) groups excluding carboxylic acids is 3. The van der Waals surface area contributed by atoms with Gasteiger partial charge in [0, 0.05) is 18.3 Å². The third-order valence-corrected chi connectivity index (χ3v) is 5.10. The highest BCUT2D eigenvalue weighted by molar-refractivity contribution is 6.11. The molecule has 1 aromatic rings. The third kappa shape index (κ3) is 1.97. The number of hydrogen-bond donors (Lipinski definition) is 0. The molecular weight excluding hydrogens is 294 g/mol. The Morgan fingerprint density at radius 3 is 2.35 bits per heavy atom. The van der Waals surface area contributed by atoms with Gasteiger partial charge in [0.25, 0.3) is 11.8 Å². The van der Waals surface area contributed by atoms with Crippen LogP contribution in [-0.2, 0) is 9.59 Å². The molecule has 120 valence electrons. The number of imide groups is 1. The van der Waals surface area contributed by atoms with Crippen LogP contribution < -0.4 is 4.90 Å². The predicted octanol–water partition coefficient (Wildman–Crippen LogP) is 1.61. The second-order valence-electron chi connectivity index (χ2n) is 6.49. The molecule has 0 aromatic heterocycles. The fraction of sp³-hybridized carbons (Fsp3) is 0.471. The van der Waals surface area contributed by atoms with Crippen molar-refractivity contribution in [1.82, 2.24) is 9.80 Å². The van der Waals surface area contributed by atoms with Gasteiger partial charge in [0.05, 0.1) is 0 Å². The van der Waals surface area contributed by atoms with E-state index in [2.05, 4.69) is 0 Å². The van der Waals surface area contributed by atoms with E-state index < -0.39 is 6.04 Å². The molecule has 3 aliphatic rings. The molecule has 3 heterocycles. The van der Waals surface area contributed by atoms with Gasteiger partial charge in [0.2, 0.25) is 0 Å². The molecular formula is C17H19N3O3. The lowest BCUT2D eigenvalue weighted by molar-refractivity contribution is -0.133. The van der Waals surface area contributed by atoms with Crippen molar-refractivity contribution in [2.75, 3.05) is 11.4 Å². The van der Waals surface area contributed by atoms with Gasteiger partial charge in [0.15, 0.2) is 0 Å². The van der Waals surface area contributed by atoms with E-state index in [1.54, 1.807) is 9.80 Å². The van der Waals surface area contributed by atoms with E-state index in [-0.39, 0.29) is 29.9 Å². The molecule has 3 fully saturated rings. The summed E-state index contributed by atoms with van der Waals surface area (Å²) < 4.78 is 0. The minimum Gasteiger partial charge on any atom is -0.312 e. The zero-order chi connectivity index (χ0) is 16.1. The molecule has 23 heavy (non-hydrogen) atoms. The van der Waals surface area contributed by atoms with Crippen molar-refractivity contribution in [2.24, 2.45) is 0 Å². The van der Waals surface area contributed by atoms with E-state index in [1.165, 1.54) is 4.90 Å². The fourth-order valence-corrected chi connectivity index (χ4v) is 4.03. The summed E-state index contributed by atoms with van der Waals surface area (Å²) in [4.78, 5) is 42.5. The van der Waals surface area contributed by atoms with Gasteiger partial charge >= 0.3 is 6.03 Å². The van der Waals surface area contributed by atoms with Crippen LogP contribution in [0.3, 0.4) is 0 Å². The van der Waals surface area contributed by atoms with Gasteiger partial charge in [-0.15, -0.1) is 0 Å². The number of carbonyl (C=O) groups is 3. The zero-order valence-electron chi connectivity index (χ0n) is 13.0. The Morgan fingerprint density at radius 1 is 0.957 bits per heavy atom. The summed E-state index contributed by atoms with van der Waals surface area (Å²) in [6.07, 6.45) is 2.06. The summed E-state index contributed by atoms with van der Waals surface area (Å²) in [6, 6.07) is 8.06. The summed E-state index contributed by atoms with van der Waals surface area (Å²) in [6.45, 7) is 2.57. The van der Waals surface area contributed by atoms with Gasteiger partial charge in [-0.25, -0.2) is 9.69 Å².